The molecule has 3 N–H and O–H groups in total. The number of allylic oxidation sites excluding steroid dienone is 6. The zero-order valence-electron chi connectivity index (χ0n) is 54.8. The van der Waals surface area contributed by atoms with Gasteiger partial charge in [0.25, 0.3) is 0 Å². The molecule has 2 atom stereocenters. The van der Waals surface area contributed by atoms with Crippen molar-refractivity contribution in [1.29, 1.82) is 0 Å². The second kappa shape index (κ2) is 70.6. The van der Waals surface area contributed by atoms with E-state index in [2.05, 4.69) is 55.6 Å². The molecule has 0 bridgehead atoms. The van der Waals surface area contributed by atoms with Crippen LogP contribution in [-0.4, -0.2) is 47.4 Å². The minimum Gasteiger partial charge on any atom is -0.466 e. The Morgan fingerprint density at radius 2 is 0.617 bits per heavy atom. The monoisotopic (exact) mass is 1140 g/mol. The van der Waals surface area contributed by atoms with E-state index < -0.39 is 12.1 Å². The molecule has 6 heteroatoms. The molecule has 81 heavy (non-hydrogen) atoms. The lowest BCUT2D eigenvalue weighted by Gasteiger charge is -2.22. The van der Waals surface area contributed by atoms with Gasteiger partial charge in [0.05, 0.1) is 25.4 Å². The van der Waals surface area contributed by atoms with E-state index in [0.717, 1.165) is 51.4 Å². The first kappa shape index (κ1) is 79.1. The molecule has 0 aromatic heterocycles. The van der Waals surface area contributed by atoms with E-state index in [0.29, 0.717) is 25.9 Å². The van der Waals surface area contributed by atoms with Crippen molar-refractivity contribution in [3.63, 3.8) is 0 Å². The molecule has 1 amide bonds. The van der Waals surface area contributed by atoms with E-state index in [1.807, 2.05) is 0 Å². The van der Waals surface area contributed by atoms with E-state index in [4.69, 9.17) is 4.74 Å². The molecule has 0 aliphatic carbocycles. The predicted octanol–water partition coefficient (Wildman–Crippen LogP) is 23.9. The number of unbranched alkanes of at least 4 members (excludes halogenated alkanes) is 52. The fourth-order valence-corrected chi connectivity index (χ4v) is 11.6. The zero-order valence-corrected chi connectivity index (χ0v) is 54.8. The Labute approximate surface area is 506 Å². The Morgan fingerprint density at radius 3 is 0.963 bits per heavy atom. The lowest BCUT2D eigenvalue weighted by molar-refractivity contribution is -0.143. The van der Waals surface area contributed by atoms with E-state index in [1.54, 1.807) is 0 Å². The minimum absolute atomic E-state index is 0.00467. The largest absolute Gasteiger partial charge is 0.466 e. The number of rotatable bonds is 69. The second-order valence-electron chi connectivity index (χ2n) is 25.3. The molecule has 0 saturated heterocycles. The minimum atomic E-state index is -0.663. The molecular weight excluding hydrogens is 995 g/mol. The molecular formula is C75H143NO5. The van der Waals surface area contributed by atoms with Gasteiger partial charge in [-0.1, -0.05) is 346 Å². The highest BCUT2D eigenvalue weighted by Gasteiger charge is 2.20. The quantitative estimate of drug-likeness (QED) is 0.0320. The van der Waals surface area contributed by atoms with E-state index >= 15 is 0 Å². The summed E-state index contributed by atoms with van der Waals surface area (Å²) in [5.74, 6) is -0.0248. The Morgan fingerprint density at radius 1 is 0.346 bits per heavy atom. The van der Waals surface area contributed by atoms with Gasteiger partial charge in [-0.3, -0.25) is 9.59 Å². The zero-order chi connectivity index (χ0) is 58.5. The number of aliphatic hydroxyl groups is 2. The number of aliphatic hydroxyl groups excluding tert-OH is 2. The third kappa shape index (κ3) is 67.1. The standard InChI is InChI=1S/C75H143NO5/c1-3-5-7-9-11-13-15-17-19-36-39-43-47-51-55-59-63-67-73(78)72(71-77)76-74(79)68-64-60-56-52-48-44-40-37-34-32-30-28-26-24-22-21-23-25-27-29-31-33-35-38-42-46-50-54-58-62-66-70-81-75(80)69-65-61-57-53-49-45-41-20-18-16-14-12-10-8-6-4-2/h14,16,20,23,25,41,72-73,77-78H,3-13,15,17-19,21-22,24,26-40,42-71H2,1-2H3,(H,76,79)/b16-14-,25-23-,41-20-. The van der Waals surface area contributed by atoms with E-state index in [1.165, 1.54) is 321 Å². The molecule has 2 unspecified atom stereocenters. The fraction of sp³-hybridized carbons (Fsp3) is 0.893. The van der Waals surface area contributed by atoms with Gasteiger partial charge in [-0.05, 0) is 83.5 Å². The summed E-state index contributed by atoms with van der Waals surface area (Å²) in [5, 5.41) is 23.4. The summed E-state index contributed by atoms with van der Waals surface area (Å²) < 4.78 is 5.49. The highest BCUT2D eigenvalue weighted by atomic mass is 16.5. The van der Waals surface area contributed by atoms with Gasteiger partial charge < -0.3 is 20.3 Å². The maximum atomic E-state index is 12.5. The Balaban J connectivity index is 3.36. The number of hydrogen-bond donors (Lipinski definition) is 3. The van der Waals surface area contributed by atoms with Crippen LogP contribution in [0.3, 0.4) is 0 Å². The smallest absolute Gasteiger partial charge is 0.305 e. The fourth-order valence-electron chi connectivity index (χ4n) is 11.6. The van der Waals surface area contributed by atoms with Crippen LogP contribution in [0, 0.1) is 0 Å². The second-order valence-corrected chi connectivity index (χ2v) is 25.3. The van der Waals surface area contributed by atoms with Crippen LogP contribution in [0.15, 0.2) is 36.5 Å². The number of carbonyl (C=O) groups is 2. The molecule has 0 aliphatic rings. The lowest BCUT2D eigenvalue weighted by atomic mass is 10.0. The summed E-state index contributed by atoms with van der Waals surface area (Å²) in [4.78, 5) is 24.6. The molecule has 0 fully saturated rings. The summed E-state index contributed by atoms with van der Waals surface area (Å²) in [6, 6.07) is -0.540. The van der Waals surface area contributed by atoms with Crippen molar-refractivity contribution in [2.75, 3.05) is 13.2 Å². The van der Waals surface area contributed by atoms with Gasteiger partial charge in [0, 0.05) is 12.8 Å². The summed E-state index contributed by atoms with van der Waals surface area (Å²) in [7, 11) is 0. The maximum absolute atomic E-state index is 12.5. The van der Waals surface area contributed by atoms with Crippen molar-refractivity contribution in [3.8, 4) is 0 Å². The normalized spacial score (nSPS) is 12.7. The average Bonchev–Trinajstić information content (AvgIpc) is 3.47. The third-order valence-corrected chi connectivity index (χ3v) is 17.2. The number of ether oxygens (including phenoxy) is 1. The summed E-state index contributed by atoms with van der Waals surface area (Å²) in [5.41, 5.74) is 0. The molecule has 0 heterocycles. The number of hydrogen-bond acceptors (Lipinski definition) is 5. The number of amides is 1. The number of esters is 1. The van der Waals surface area contributed by atoms with E-state index in [9.17, 15) is 19.8 Å². The van der Waals surface area contributed by atoms with Crippen LogP contribution >= 0.6 is 0 Å². The summed E-state index contributed by atoms with van der Waals surface area (Å²) in [6.07, 6.45) is 90.6. The molecule has 0 aromatic carbocycles. The SMILES string of the molecule is CCCCCC/C=C\C/C=C\CCCCCCCC(=O)OCCCCCCCCCCCCCC/C=C\CCCCCCCCCCCCCCCCCC(=O)NC(CO)C(O)CCCCCCCCCCCCCCCCCCC. The van der Waals surface area contributed by atoms with Gasteiger partial charge in [-0.15, -0.1) is 0 Å². The van der Waals surface area contributed by atoms with Crippen LogP contribution in [-0.2, 0) is 14.3 Å². The molecule has 0 aliphatic heterocycles. The first-order chi connectivity index (χ1) is 40.0. The highest BCUT2D eigenvalue weighted by Crippen LogP contribution is 2.19. The Hall–Kier alpha value is -1.92. The first-order valence-corrected chi connectivity index (χ1v) is 36.7. The van der Waals surface area contributed by atoms with Crippen molar-refractivity contribution in [2.24, 2.45) is 0 Å². The molecule has 0 saturated carbocycles. The Kier molecular flexibility index (Phi) is 68.9. The first-order valence-electron chi connectivity index (χ1n) is 36.7. The van der Waals surface area contributed by atoms with Crippen molar-refractivity contribution < 1.29 is 24.5 Å². The van der Waals surface area contributed by atoms with Gasteiger partial charge >= 0.3 is 5.97 Å². The van der Waals surface area contributed by atoms with Gasteiger partial charge in [0.1, 0.15) is 0 Å². The van der Waals surface area contributed by atoms with Crippen molar-refractivity contribution >= 4 is 11.9 Å². The maximum Gasteiger partial charge on any atom is 0.305 e. The van der Waals surface area contributed by atoms with Gasteiger partial charge in [0.15, 0.2) is 0 Å². The molecule has 0 radical (unpaired) electrons. The summed E-state index contributed by atoms with van der Waals surface area (Å²) >= 11 is 0. The highest BCUT2D eigenvalue weighted by molar-refractivity contribution is 5.76. The van der Waals surface area contributed by atoms with Crippen LogP contribution in [0.1, 0.15) is 406 Å². The average molecular weight is 1140 g/mol. The van der Waals surface area contributed by atoms with Crippen molar-refractivity contribution in [3.05, 3.63) is 36.5 Å². The van der Waals surface area contributed by atoms with Crippen molar-refractivity contribution in [1.82, 2.24) is 5.32 Å². The van der Waals surface area contributed by atoms with Crippen LogP contribution in [0.5, 0.6) is 0 Å². The molecule has 478 valence electrons. The number of nitrogens with one attached hydrogen (secondary N) is 1. The van der Waals surface area contributed by atoms with Crippen LogP contribution < -0.4 is 5.32 Å². The van der Waals surface area contributed by atoms with E-state index in [-0.39, 0.29) is 18.5 Å². The van der Waals surface area contributed by atoms with Crippen LogP contribution in [0.4, 0.5) is 0 Å². The topological polar surface area (TPSA) is 95.9 Å². The van der Waals surface area contributed by atoms with Gasteiger partial charge in [0.2, 0.25) is 5.91 Å². The molecule has 0 rings (SSSR count). The van der Waals surface area contributed by atoms with Crippen LogP contribution in [0.25, 0.3) is 0 Å². The van der Waals surface area contributed by atoms with Crippen molar-refractivity contribution in [2.45, 2.75) is 418 Å². The lowest BCUT2D eigenvalue weighted by Crippen LogP contribution is -2.45. The Bertz CT molecular complexity index is 1310. The third-order valence-electron chi connectivity index (χ3n) is 17.2. The summed E-state index contributed by atoms with van der Waals surface area (Å²) in [6.45, 7) is 4.96. The molecule has 0 aromatic rings. The van der Waals surface area contributed by atoms with Gasteiger partial charge in [-0.25, -0.2) is 0 Å². The van der Waals surface area contributed by atoms with Crippen LogP contribution in [0.2, 0.25) is 0 Å². The number of carbonyl (C=O) groups excluding carboxylic acids is 2. The molecule has 6 nitrogen and oxygen atoms in total. The van der Waals surface area contributed by atoms with Gasteiger partial charge in [-0.2, -0.15) is 0 Å². The predicted molar refractivity (Wildman–Crippen MR) is 356 cm³/mol. The molecule has 0 spiro atoms.